The Bertz CT molecular complexity index is 447. The maximum atomic E-state index is 11.0. The lowest BCUT2D eigenvalue weighted by molar-refractivity contribution is 1.14. The highest BCUT2D eigenvalue weighted by Crippen LogP contribution is 2.09. The normalized spacial score (nSPS) is 10.0. The van der Waals surface area contributed by atoms with Gasteiger partial charge in [-0.2, -0.15) is 0 Å². The van der Waals surface area contributed by atoms with Gasteiger partial charge in [0.05, 0.1) is 6.54 Å². The molecule has 0 radical (unpaired) electrons. The van der Waals surface area contributed by atoms with Gasteiger partial charge in [0.2, 0.25) is 0 Å². The summed E-state index contributed by atoms with van der Waals surface area (Å²) in [5, 5.41) is 5.18. The van der Waals surface area contributed by atoms with Crippen molar-refractivity contribution in [3.8, 4) is 0 Å². The van der Waals surface area contributed by atoms with Crippen LogP contribution in [0.4, 0.5) is 5.82 Å². The van der Waals surface area contributed by atoms with Crippen molar-refractivity contribution in [1.82, 2.24) is 4.98 Å². The average Bonchev–Trinajstić information content (AvgIpc) is 2.67. The zero-order chi connectivity index (χ0) is 9.80. The minimum Gasteiger partial charge on any atom is -0.367 e. The standard InChI is InChI=1S/C10H10N2OS/c13-8-3-4-11-10(6-8)12-7-9-2-1-5-14-9/h1-6H,7H2,(H2,11,12,13). The molecular formula is C10H10N2OS. The number of nitrogens with one attached hydrogen (secondary N) is 2. The van der Waals surface area contributed by atoms with Crippen molar-refractivity contribution in [2.24, 2.45) is 0 Å². The Morgan fingerprint density at radius 3 is 3.07 bits per heavy atom. The lowest BCUT2D eigenvalue weighted by atomic mass is 10.4. The van der Waals surface area contributed by atoms with E-state index >= 15 is 0 Å². The number of anilines is 1. The molecule has 72 valence electrons. The second-order valence-corrected chi connectivity index (χ2v) is 3.90. The van der Waals surface area contributed by atoms with Gasteiger partial charge in [0.25, 0.3) is 0 Å². The largest absolute Gasteiger partial charge is 0.367 e. The molecule has 4 heteroatoms. The summed E-state index contributed by atoms with van der Waals surface area (Å²) < 4.78 is 0. The van der Waals surface area contributed by atoms with Gasteiger partial charge in [-0.15, -0.1) is 11.3 Å². The smallest absolute Gasteiger partial charge is 0.183 e. The van der Waals surface area contributed by atoms with Gasteiger partial charge < -0.3 is 10.3 Å². The van der Waals surface area contributed by atoms with E-state index in [0.717, 1.165) is 12.4 Å². The van der Waals surface area contributed by atoms with Gasteiger partial charge in [-0.25, -0.2) is 0 Å². The van der Waals surface area contributed by atoms with Gasteiger partial charge in [-0.1, -0.05) is 6.07 Å². The molecule has 3 nitrogen and oxygen atoms in total. The predicted molar refractivity (Wildman–Crippen MR) is 58.7 cm³/mol. The second kappa shape index (κ2) is 4.11. The fourth-order valence-electron chi connectivity index (χ4n) is 1.14. The van der Waals surface area contributed by atoms with E-state index in [2.05, 4.69) is 16.4 Å². The average molecular weight is 206 g/mol. The van der Waals surface area contributed by atoms with Crippen LogP contribution in [0.25, 0.3) is 0 Å². The number of hydrogen-bond acceptors (Lipinski definition) is 3. The number of H-pyrrole nitrogens is 1. The Labute approximate surface area is 85.4 Å². The molecule has 2 heterocycles. The van der Waals surface area contributed by atoms with E-state index in [-0.39, 0.29) is 5.43 Å². The van der Waals surface area contributed by atoms with E-state index in [1.165, 1.54) is 10.9 Å². The first-order valence-electron chi connectivity index (χ1n) is 4.29. The lowest BCUT2D eigenvalue weighted by Crippen LogP contribution is -2.04. The maximum absolute atomic E-state index is 11.0. The van der Waals surface area contributed by atoms with E-state index in [1.54, 1.807) is 23.6 Å². The number of hydrogen-bond donors (Lipinski definition) is 2. The number of pyridine rings is 1. The molecule has 2 rings (SSSR count). The summed E-state index contributed by atoms with van der Waals surface area (Å²) in [4.78, 5) is 15.2. The molecule has 0 spiro atoms. The Morgan fingerprint density at radius 2 is 2.36 bits per heavy atom. The van der Waals surface area contributed by atoms with Crippen LogP contribution >= 0.6 is 11.3 Å². The lowest BCUT2D eigenvalue weighted by Gasteiger charge is -2.02. The van der Waals surface area contributed by atoms with E-state index in [9.17, 15) is 4.79 Å². The van der Waals surface area contributed by atoms with Crippen LogP contribution in [0, 0.1) is 0 Å². The van der Waals surface area contributed by atoms with Crippen molar-refractivity contribution in [2.75, 3.05) is 5.32 Å². The molecule has 0 aliphatic heterocycles. The van der Waals surface area contributed by atoms with Gasteiger partial charge in [0.1, 0.15) is 5.82 Å². The molecule has 0 aromatic carbocycles. The van der Waals surface area contributed by atoms with Crippen molar-refractivity contribution in [2.45, 2.75) is 6.54 Å². The third-order valence-corrected chi connectivity index (χ3v) is 2.68. The molecule has 0 saturated heterocycles. The van der Waals surface area contributed by atoms with Crippen molar-refractivity contribution in [3.05, 3.63) is 50.9 Å². The van der Waals surface area contributed by atoms with Crippen molar-refractivity contribution in [3.63, 3.8) is 0 Å². The van der Waals surface area contributed by atoms with Crippen molar-refractivity contribution in [1.29, 1.82) is 0 Å². The summed E-state index contributed by atoms with van der Waals surface area (Å²) in [6.07, 6.45) is 1.64. The topological polar surface area (TPSA) is 44.9 Å². The minimum atomic E-state index is 0.0115. The van der Waals surface area contributed by atoms with E-state index < -0.39 is 0 Å². The van der Waals surface area contributed by atoms with Crippen LogP contribution in [0.15, 0.2) is 40.6 Å². The highest BCUT2D eigenvalue weighted by Gasteiger charge is 1.94. The molecule has 0 fully saturated rings. The summed E-state index contributed by atoms with van der Waals surface area (Å²) in [5.74, 6) is 0.755. The maximum Gasteiger partial charge on any atom is 0.183 e. The minimum absolute atomic E-state index is 0.0115. The van der Waals surface area contributed by atoms with Crippen LogP contribution in [-0.4, -0.2) is 4.98 Å². The summed E-state index contributed by atoms with van der Waals surface area (Å²) in [7, 11) is 0. The zero-order valence-electron chi connectivity index (χ0n) is 7.49. The molecule has 0 unspecified atom stereocenters. The van der Waals surface area contributed by atoms with E-state index in [1.807, 2.05) is 11.4 Å². The number of thiophene rings is 1. The third-order valence-electron chi connectivity index (χ3n) is 1.81. The van der Waals surface area contributed by atoms with Crippen LogP contribution in [0.3, 0.4) is 0 Å². The SMILES string of the molecule is O=c1cc[nH]c(NCc2cccs2)c1. The van der Waals surface area contributed by atoms with Crippen LogP contribution in [0.1, 0.15) is 4.88 Å². The first-order valence-corrected chi connectivity index (χ1v) is 5.17. The predicted octanol–water partition coefficient (Wildman–Crippen LogP) is 2.05. The first kappa shape index (κ1) is 9.02. The van der Waals surface area contributed by atoms with E-state index in [4.69, 9.17) is 0 Å². The molecule has 2 N–H and O–H groups in total. The van der Waals surface area contributed by atoms with Crippen molar-refractivity contribution < 1.29 is 0 Å². The Hall–Kier alpha value is -1.55. The van der Waals surface area contributed by atoms with Gasteiger partial charge in [0.15, 0.2) is 5.43 Å². The Morgan fingerprint density at radius 1 is 1.43 bits per heavy atom. The van der Waals surface area contributed by atoms with Crippen LogP contribution < -0.4 is 10.7 Å². The number of aromatic nitrogens is 1. The summed E-state index contributed by atoms with van der Waals surface area (Å²) in [6.45, 7) is 0.748. The molecule has 0 bridgehead atoms. The fraction of sp³-hybridized carbons (Fsp3) is 0.100. The van der Waals surface area contributed by atoms with Gasteiger partial charge in [-0.3, -0.25) is 4.79 Å². The molecule has 14 heavy (non-hydrogen) atoms. The molecule has 2 aromatic heterocycles. The fourth-order valence-corrected chi connectivity index (χ4v) is 1.79. The Kier molecular flexibility index (Phi) is 2.65. The van der Waals surface area contributed by atoms with Gasteiger partial charge >= 0.3 is 0 Å². The molecule has 0 aliphatic rings. The highest BCUT2D eigenvalue weighted by molar-refractivity contribution is 7.09. The molecule has 0 aliphatic carbocycles. The number of rotatable bonds is 3. The molecular weight excluding hydrogens is 196 g/mol. The number of aromatic amines is 1. The van der Waals surface area contributed by atoms with E-state index in [0.29, 0.717) is 0 Å². The summed E-state index contributed by atoms with van der Waals surface area (Å²) in [6, 6.07) is 7.11. The molecule has 0 saturated carbocycles. The molecule has 0 atom stereocenters. The highest BCUT2D eigenvalue weighted by atomic mass is 32.1. The molecule has 2 aromatic rings. The molecule has 0 amide bonds. The monoisotopic (exact) mass is 206 g/mol. The van der Waals surface area contributed by atoms with Crippen LogP contribution in [-0.2, 0) is 6.54 Å². The first-order chi connectivity index (χ1) is 6.84. The second-order valence-electron chi connectivity index (χ2n) is 2.87. The zero-order valence-corrected chi connectivity index (χ0v) is 8.30. The quantitative estimate of drug-likeness (QED) is 0.807. The Balaban J connectivity index is 2.02. The van der Waals surface area contributed by atoms with Crippen LogP contribution in [0.2, 0.25) is 0 Å². The van der Waals surface area contributed by atoms with Gasteiger partial charge in [-0.05, 0) is 11.4 Å². The summed E-state index contributed by atoms with van der Waals surface area (Å²) >= 11 is 1.69. The van der Waals surface area contributed by atoms with Crippen LogP contribution in [0.5, 0.6) is 0 Å². The van der Waals surface area contributed by atoms with Gasteiger partial charge in [0, 0.05) is 23.2 Å². The third kappa shape index (κ3) is 2.23. The summed E-state index contributed by atoms with van der Waals surface area (Å²) in [5.41, 5.74) is 0.0115. The van der Waals surface area contributed by atoms with Crippen molar-refractivity contribution >= 4 is 17.2 Å².